The van der Waals surface area contributed by atoms with Crippen molar-refractivity contribution in [2.75, 3.05) is 6.54 Å². The minimum atomic E-state index is 0.118. The number of hydrogen-bond acceptors (Lipinski definition) is 2. The maximum atomic E-state index is 12.0. The van der Waals surface area contributed by atoms with Crippen molar-refractivity contribution in [1.29, 1.82) is 0 Å². The molecule has 1 N–H and O–H groups in total. The average molecular weight is 351 g/mol. The zero-order valence-electron chi connectivity index (χ0n) is 15.9. The minimum absolute atomic E-state index is 0.118. The highest BCUT2D eigenvalue weighted by Crippen LogP contribution is 2.65. The SMILES string of the molecule is C[C@]12CCNC(=O)C=C1CC[C@@H]1C2CC[C@]2(C)C(n3ccnc3)=CCC12. The van der Waals surface area contributed by atoms with Gasteiger partial charge in [-0.2, -0.15) is 0 Å². The molecule has 1 aromatic rings. The molecule has 0 spiro atoms. The predicted molar refractivity (Wildman–Crippen MR) is 102 cm³/mol. The number of rotatable bonds is 1. The minimum Gasteiger partial charge on any atom is -0.353 e. The lowest BCUT2D eigenvalue weighted by molar-refractivity contribution is -0.116. The van der Waals surface area contributed by atoms with Crippen LogP contribution in [0.25, 0.3) is 5.70 Å². The van der Waals surface area contributed by atoms with Gasteiger partial charge in [-0.25, -0.2) is 4.98 Å². The molecule has 0 radical (unpaired) electrons. The van der Waals surface area contributed by atoms with E-state index >= 15 is 0 Å². The van der Waals surface area contributed by atoms with E-state index in [1.807, 2.05) is 18.6 Å². The van der Waals surface area contributed by atoms with Crippen LogP contribution < -0.4 is 5.32 Å². The molecule has 1 aromatic heterocycles. The lowest BCUT2D eigenvalue weighted by atomic mass is 9.48. The standard InChI is InChI=1S/C22H29N3O/c1-21-9-10-24-20(26)13-15(21)3-4-16-17-5-6-19(25-12-11-23-14-25)22(17,2)8-7-18(16)21/h6,11-14,16-18H,3-5,7-10H2,1-2H3,(H,24,26)/t16-,17?,18?,21-,22-/m0/s1. The van der Waals surface area contributed by atoms with E-state index in [0.29, 0.717) is 5.92 Å². The molecule has 5 atom stereocenters. The van der Waals surface area contributed by atoms with Crippen molar-refractivity contribution in [2.45, 2.75) is 52.4 Å². The summed E-state index contributed by atoms with van der Waals surface area (Å²) >= 11 is 0. The molecule has 1 aliphatic heterocycles. The summed E-state index contributed by atoms with van der Waals surface area (Å²) in [6.07, 6.45) is 17.5. The molecule has 5 rings (SSSR count). The van der Waals surface area contributed by atoms with Gasteiger partial charge in [-0.05, 0) is 61.7 Å². The topological polar surface area (TPSA) is 46.9 Å². The zero-order chi connectivity index (χ0) is 17.9. The van der Waals surface area contributed by atoms with Gasteiger partial charge in [-0.15, -0.1) is 0 Å². The third-order valence-electron chi connectivity index (χ3n) is 8.31. The number of amides is 1. The molecular weight excluding hydrogens is 322 g/mol. The summed E-state index contributed by atoms with van der Waals surface area (Å²) in [6.45, 7) is 5.75. The predicted octanol–water partition coefficient (Wildman–Crippen LogP) is 4.02. The number of imidazole rings is 1. The summed E-state index contributed by atoms with van der Waals surface area (Å²) in [7, 11) is 0. The number of allylic oxidation sites excluding steroid dienone is 3. The third kappa shape index (κ3) is 2.14. The Kier molecular flexibility index (Phi) is 3.51. The van der Waals surface area contributed by atoms with Crippen LogP contribution in [-0.2, 0) is 4.79 Å². The molecule has 26 heavy (non-hydrogen) atoms. The Balaban J connectivity index is 1.48. The van der Waals surface area contributed by atoms with Crippen LogP contribution in [0.5, 0.6) is 0 Å². The molecule has 4 aliphatic rings. The van der Waals surface area contributed by atoms with Crippen LogP contribution in [0, 0.1) is 28.6 Å². The summed E-state index contributed by atoms with van der Waals surface area (Å²) in [5.74, 6) is 2.32. The number of carbonyl (C=O) groups is 1. The van der Waals surface area contributed by atoms with Crippen molar-refractivity contribution in [3.05, 3.63) is 36.4 Å². The van der Waals surface area contributed by atoms with Crippen LogP contribution in [0.2, 0.25) is 0 Å². The van der Waals surface area contributed by atoms with Gasteiger partial charge in [0.15, 0.2) is 0 Å². The molecule has 0 bridgehead atoms. The van der Waals surface area contributed by atoms with Gasteiger partial charge in [0.1, 0.15) is 0 Å². The second-order valence-corrected chi connectivity index (χ2v) is 9.29. The van der Waals surface area contributed by atoms with Crippen molar-refractivity contribution in [2.24, 2.45) is 28.6 Å². The van der Waals surface area contributed by atoms with E-state index in [4.69, 9.17) is 0 Å². The van der Waals surface area contributed by atoms with E-state index < -0.39 is 0 Å². The van der Waals surface area contributed by atoms with Gasteiger partial charge in [-0.3, -0.25) is 4.79 Å². The fourth-order valence-corrected chi connectivity index (χ4v) is 6.91. The Morgan fingerprint density at radius 3 is 2.88 bits per heavy atom. The Morgan fingerprint density at radius 2 is 2.08 bits per heavy atom. The molecule has 2 unspecified atom stereocenters. The first-order valence-corrected chi connectivity index (χ1v) is 10.2. The van der Waals surface area contributed by atoms with Crippen molar-refractivity contribution < 1.29 is 4.79 Å². The molecule has 2 fully saturated rings. The number of nitrogens with zero attached hydrogens (tertiary/aromatic N) is 2. The summed E-state index contributed by atoms with van der Waals surface area (Å²) in [5, 5.41) is 3.07. The summed E-state index contributed by atoms with van der Waals surface area (Å²) < 4.78 is 2.24. The van der Waals surface area contributed by atoms with Crippen LogP contribution in [0.3, 0.4) is 0 Å². The van der Waals surface area contributed by atoms with Crippen molar-refractivity contribution in [3.8, 4) is 0 Å². The number of carbonyl (C=O) groups excluding carboxylic acids is 1. The quantitative estimate of drug-likeness (QED) is 0.830. The summed E-state index contributed by atoms with van der Waals surface area (Å²) in [5.41, 5.74) is 3.33. The van der Waals surface area contributed by atoms with Crippen molar-refractivity contribution in [3.63, 3.8) is 0 Å². The first kappa shape index (κ1) is 16.3. The van der Waals surface area contributed by atoms with Crippen LogP contribution in [0.4, 0.5) is 0 Å². The molecular formula is C22H29N3O. The molecule has 4 heteroatoms. The van der Waals surface area contributed by atoms with Gasteiger partial charge in [0.2, 0.25) is 5.91 Å². The van der Waals surface area contributed by atoms with Crippen molar-refractivity contribution >= 4 is 11.6 Å². The van der Waals surface area contributed by atoms with Gasteiger partial charge in [0.05, 0.1) is 6.33 Å². The fraction of sp³-hybridized carbons (Fsp3) is 0.636. The highest BCUT2D eigenvalue weighted by Gasteiger charge is 2.57. The van der Waals surface area contributed by atoms with E-state index in [2.05, 4.69) is 41.0 Å². The van der Waals surface area contributed by atoms with Gasteiger partial charge >= 0.3 is 0 Å². The number of aromatic nitrogens is 2. The lowest BCUT2D eigenvalue weighted by Gasteiger charge is -2.56. The zero-order valence-corrected chi connectivity index (χ0v) is 15.9. The number of hydrogen-bond donors (Lipinski definition) is 1. The second-order valence-electron chi connectivity index (χ2n) is 9.29. The molecule has 0 saturated heterocycles. The molecule has 138 valence electrons. The molecule has 2 saturated carbocycles. The Morgan fingerprint density at radius 1 is 1.19 bits per heavy atom. The van der Waals surface area contributed by atoms with Crippen LogP contribution >= 0.6 is 0 Å². The monoisotopic (exact) mass is 351 g/mol. The Labute approximate surface area is 155 Å². The van der Waals surface area contributed by atoms with E-state index in [9.17, 15) is 4.79 Å². The van der Waals surface area contributed by atoms with Gasteiger partial charge in [0, 0.05) is 36.1 Å². The second kappa shape index (κ2) is 5.58. The van der Waals surface area contributed by atoms with Crippen LogP contribution in [0.15, 0.2) is 36.4 Å². The lowest BCUT2D eigenvalue weighted by Crippen LogP contribution is -2.49. The van der Waals surface area contributed by atoms with Crippen LogP contribution in [-0.4, -0.2) is 22.0 Å². The third-order valence-corrected chi connectivity index (χ3v) is 8.31. The Hall–Kier alpha value is -1.84. The molecule has 3 aliphatic carbocycles. The first-order chi connectivity index (χ1) is 12.5. The van der Waals surface area contributed by atoms with Crippen LogP contribution in [0.1, 0.15) is 52.4 Å². The highest BCUT2D eigenvalue weighted by atomic mass is 16.1. The molecule has 0 aromatic carbocycles. The number of fused-ring (bicyclic) bond motifs is 5. The smallest absolute Gasteiger partial charge is 0.243 e. The molecule has 1 amide bonds. The van der Waals surface area contributed by atoms with Gasteiger partial charge in [0.25, 0.3) is 0 Å². The molecule has 2 heterocycles. The summed E-state index contributed by atoms with van der Waals surface area (Å²) in [6, 6.07) is 0. The van der Waals surface area contributed by atoms with Gasteiger partial charge < -0.3 is 9.88 Å². The van der Waals surface area contributed by atoms with E-state index in [1.165, 1.54) is 37.0 Å². The average Bonchev–Trinajstić information content (AvgIpc) is 3.20. The maximum absolute atomic E-state index is 12.0. The van der Waals surface area contributed by atoms with E-state index in [-0.39, 0.29) is 16.7 Å². The molecule has 4 nitrogen and oxygen atoms in total. The largest absolute Gasteiger partial charge is 0.353 e. The van der Waals surface area contributed by atoms with E-state index in [1.54, 1.807) is 0 Å². The summed E-state index contributed by atoms with van der Waals surface area (Å²) in [4.78, 5) is 16.3. The van der Waals surface area contributed by atoms with E-state index in [0.717, 1.165) is 31.2 Å². The van der Waals surface area contributed by atoms with Gasteiger partial charge in [-0.1, -0.05) is 25.5 Å². The Bertz CT molecular complexity index is 792. The highest BCUT2D eigenvalue weighted by molar-refractivity contribution is 5.88. The maximum Gasteiger partial charge on any atom is 0.243 e. The first-order valence-electron chi connectivity index (χ1n) is 10.2. The number of nitrogens with one attached hydrogen (secondary N) is 1. The fourth-order valence-electron chi connectivity index (χ4n) is 6.91. The van der Waals surface area contributed by atoms with Crippen molar-refractivity contribution in [1.82, 2.24) is 14.9 Å². The normalized spacial score (nSPS) is 41.9.